The summed E-state index contributed by atoms with van der Waals surface area (Å²) in [4.78, 5) is 0. The molecule has 2 heteroatoms. The average molecular weight is 427 g/mol. The second-order valence-electron chi connectivity index (χ2n) is 8.01. The smallest absolute Gasteiger partial charge is 0.142 e. The van der Waals surface area contributed by atoms with Crippen molar-refractivity contribution in [2.75, 3.05) is 0 Å². The third-order valence-electron chi connectivity index (χ3n) is 5.31. The molecular formula is C30H28F2. The SMILES string of the molecule is CCCCc1cc(F)c(C#Cc2ccc(C#Cc3ccc(CCC)cc3)c(C)c2)c(F)c1. The summed E-state index contributed by atoms with van der Waals surface area (Å²) in [6.45, 7) is 6.18. The fourth-order valence-electron chi connectivity index (χ4n) is 3.47. The molecule has 0 aliphatic rings. The molecule has 3 rings (SSSR count). The molecule has 0 aliphatic carbocycles. The molecule has 0 fully saturated rings. The van der Waals surface area contributed by atoms with E-state index in [0.717, 1.165) is 42.4 Å². The van der Waals surface area contributed by atoms with Gasteiger partial charge in [0.2, 0.25) is 0 Å². The first-order chi connectivity index (χ1) is 15.5. The van der Waals surface area contributed by atoms with Crippen LogP contribution in [0.1, 0.15) is 72.1 Å². The van der Waals surface area contributed by atoms with Crippen molar-refractivity contribution in [2.24, 2.45) is 0 Å². The quantitative estimate of drug-likeness (QED) is 0.374. The highest BCUT2D eigenvalue weighted by Gasteiger charge is 2.09. The van der Waals surface area contributed by atoms with E-state index in [9.17, 15) is 8.78 Å². The molecule has 0 heterocycles. The van der Waals surface area contributed by atoms with Gasteiger partial charge in [-0.3, -0.25) is 0 Å². The van der Waals surface area contributed by atoms with Crippen LogP contribution in [0.25, 0.3) is 0 Å². The third kappa shape index (κ3) is 6.32. The normalized spacial score (nSPS) is 10.2. The Kier molecular flexibility index (Phi) is 8.24. The molecule has 32 heavy (non-hydrogen) atoms. The van der Waals surface area contributed by atoms with Crippen LogP contribution in [0.15, 0.2) is 54.6 Å². The van der Waals surface area contributed by atoms with E-state index >= 15 is 0 Å². The van der Waals surface area contributed by atoms with Gasteiger partial charge in [-0.15, -0.1) is 0 Å². The van der Waals surface area contributed by atoms with Gasteiger partial charge < -0.3 is 0 Å². The lowest BCUT2D eigenvalue weighted by molar-refractivity contribution is 0.572. The molecular weight excluding hydrogens is 398 g/mol. The predicted octanol–water partition coefficient (Wildman–Crippen LogP) is 7.37. The Balaban J connectivity index is 1.77. The predicted molar refractivity (Wildman–Crippen MR) is 129 cm³/mol. The summed E-state index contributed by atoms with van der Waals surface area (Å²) >= 11 is 0. The summed E-state index contributed by atoms with van der Waals surface area (Å²) < 4.78 is 28.7. The van der Waals surface area contributed by atoms with E-state index in [4.69, 9.17) is 0 Å². The number of halogens is 2. The van der Waals surface area contributed by atoms with Crippen LogP contribution in [0.2, 0.25) is 0 Å². The first-order valence-corrected chi connectivity index (χ1v) is 11.2. The molecule has 0 atom stereocenters. The highest BCUT2D eigenvalue weighted by atomic mass is 19.1. The second kappa shape index (κ2) is 11.3. The maximum Gasteiger partial charge on any atom is 0.142 e. The van der Waals surface area contributed by atoms with Gasteiger partial charge in [0.15, 0.2) is 0 Å². The van der Waals surface area contributed by atoms with Crippen LogP contribution in [0.3, 0.4) is 0 Å². The molecule has 0 bridgehead atoms. The van der Waals surface area contributed by atoms with Gasteiger partial charge in [0.1, 0.15) is 11.6 Å². The molecule has 0 saturated carbocycles. The standard InChI is InChI=1S/C30H28F2/c1-4-6-8-26-20-29(31)28(30(32)21-26)18-15-25-14-17-27(22(3)19-25)16-13-24-11-9-23(7-5-2)10-12-24/h9-12,14,17,19-21H,4-8H2,1-3H3. The van der Waals surface area contributed by atoms with Gasteiger partial charge in [-0.2, -0.15) is 0 Å². The van der Waals surface area contributed by atoms with Crippen molar-refractivity contribution in [3.05, 3.63) is 105 Å². The lowest BCUT2D eigenvalue weighted by atomic mass is 10.0. The highest BCUT2D eigenvalue weighted by Crippen LogP contribution is 2.17. The Morgan fingerprint density at radius 2 is 1.31 bits per heavy atom. The van der Waals surface area contributed by atoms with Gasteiger partial charge in [-0.1, -0.05) is 62.5 Å². The molecule has 0 spiro atoms. The van der Waals surface area contributed by atoms with E-state index in [1.54, 1.807) is 0 Å². The summed E-state index contributed by atoms with van der Waals surface area (Å²) in [5, 5.41) is 0. The van der Waals surface area contributed by atoms with Crippen molar-refractivity contribution in [1.82, 2.24) is 0 Å². The summed E-state index contributed by atoms with van der Waals surface area (Å²) in [6, 6.07) is 16.7. The van der Waals surface area contributed by atoms with Gasteiger partial charge in [-0.05, 0) is 85.3 Å². The van der Waals surface area contributed by atoms with Crippen molar-refractivity contribution in [3.8, 4) is 23.7 Å². The van der Waals surface area contributed by atoms with Gasteiger partial charge >= 0.3 is 0 Å². The molecule has 0 radical (unpaired) electrons. The highest BCUT2D eigenvalue weighted by molar-refractivity contribution is 5.52. The zero-order valence-electron chi connectivity index (χ0n) is 19.0. The maximum absolute atomic E-state index is 14.4. The lowest BCUT2D eigenvalue weighted by Gasteiger charge is -2.03. The van der Waals surface area contributed by atoms with Crippen LogP contribution in [-0.2, 0) is 12.8 Å². The maximum atomic E-state index is 14.4. The van der Waals surface area contributed by atoms with Crippen LogP contribution >= 0.6 is 0 Å². The van der Waals surface area contributed by atoms with Crippen molar-refractivity contribution >= 4 is 0 Å². The third-order valence-corrected chi connectivity index (χ3v) is 5.31. The largest absolute Gasteiger partial charge is 0.206 e. The fourth-order valence-corrected chi connectivity index (χ4v) is 3.47. The minimum atomic E-state index is -0.604. The monoisotopic (exact) mass is 426 g/mol. The first kappa shape index (κ1) is 23.3. The lowest BCUT2D eigenvalue weighted by Crippen LogP contribution is -1.95. The van der Waals surface area contributed by atoms with E-state index < -0.39 is 11.6 Å². The Hall–Kier alpha value is -3.36. The van der Waals surface area contributed by atoms with E-state index in [-0.39, 0.29) is 5.56 Å². The molecule has 0 saturated heterocycles. The summed E-state index contributed by atoms with van der Waals surface area (Å²) in [7, 11) is 0. The molecule has 0 aliphatic heterocycles. The van der Waals surface area contributed by atoms with Crippen LogP contribution in [0.5, 0.6) is 0 Å². The number of aryl methyl sites for hydroxylation is 3. The Morgan fingerprint density at radius 3 is 1.94 bits per heavy atom. The van der Waals surface area contributed by atoms with E-state index in [1.165, 1.54) is 17.7 Å². The summed E-state index contributed by atoms with van der Waals surface area (Å²) in [5.74, 6) is 10.7. The minimum Gasteiger partial charge on any atom is -0.206 e. The van der Waals surface area contributed by atoms with Crippen molar-refractivity contribution in [1.29, 1.82) is 0 Å². The van der Waals surface area contributed by atoms with E-state index in [0.29, 0.717) is 17.5 Å². The summed E-state index contributed by atoms with van der Waals surface area (Å²) in [5.41, 5.74) is 5.37. The molecule has 0 aromatic heterocycles. The molecule has 0 nitrogen and oxygen atoms in total. The minimum absolute atomic E-state index is 0.182. The van der Waals surface area contributed by atoms with Gasteiger partial charge in [0, 0.05) is 16.7 Å². The number of benzene rings is 3. The van der Waals surface area contributed by atoms with Crippen molar-refractivity contribution in [2.45, 2.75) is 52.9 Å². The molecule has 3 aromatic rings. The van der Waals surface area contributed by atoms with Crippen LogP contribution < -0.4 is 0 Å². The Bertz CT molecular complexity index is 1170. The number of hydrogen-bond donors (Lipinski definition) is 0. The molecule has 0 amide bonds. The Labute approximate surface area is 190 Å². The fraction of sp³-hybridized carbons (Fsp3) is 0.267. The van der Waals surface area contributed by atoms with Gasteiger partial charge in [0.25, 0.3) is 0 Å². The van der Waals surface area contributed by atoms with Crippen molar-refractivity contribution < 1.29 is 8.78 Å². The van der Waals surface area contributed by atoms with E-state index in [1.807, 2.05) is 37.3 Å². The number of hydrogen-bond acceptors (Lipinski definition) is 0. The zero-order chi connectivity index (χ0) is 22.9. The molecule has 0 N–H and O–H groups in total. The molecule has 3 aromatic carbocycles. The summed E-state index contributed by atoms with van der Waals surface area (Å²) in [6.07, 6.45) is 4.76. The topological polar surface area (TPSA) is 0 Å². The van der Waals surface area contributed by atoms with Crippen LogP contribution in [-0.4, -0.2) is 0 Å². The van der Waals surface area contributed by atoms with Gasteiger partial charge in [0.05, 0.1) is 5.56 Å². The molecule has 162 valence electrons. The number of rotatable bonds is 5. The number of unbranched alkanes of at least 4 members (excludes halogenated alkanes) is 1. The average Bonchev–Trinajstić information content (AvgIpc) is 2.77. The van der Waals surface area contributed by atoms with Crippen LogP contribution in [0, 0.1) is 42.2 Å². The van der Waals surface area contributed by atoms with E-state index in [2.05, 4.69) is 49.7 Å². The Morgan fingerprint density at radius 1 is 0.656 bits per heavy atom. The first-order valence-electron chi connectivity index (χ1n) is 11.2. The molecule has 0 unspecified atom stereocenters. The zero-order valence-corrected chi connectivity index (χ0v) is 19.0. The second-order valence-corrected chi connectivity index (χ2v) is 8.01. The van der Waals surface area contributed by atoms with Crippen molar-refractivity contribution in [3.63, 3.8) is 0 Å². The van der Waals surface area contributed by atoms with Gasteiger partial charge in [-0.25, -0.2) is 8.78 Å². The van der Waals surface area contributed by atoms with Crippen LogP contribution in [0.4, 0.5) is 8.78 Å².